The number of halogens is 2. The van der Waals surface area contributed by atoms with Crippen molar-refractivity contribution in [1.29, 1.82) is 0 Å². The monoisotopic (exact) mass is 318 g/mol. The minimum absolute atomic E-state index is 0.0624. The molecule has 1 fully saturated rings. The molecule has 0 bridgehead atoms. The Morgan fingerprint density at radius 3 is 2.76 bits per heavy atom. The summed E-state index contributed by atoms with van der Waals surface area (Å²) in [5.41, 5.74) is 0.496. The molecule has 0 aromatic heterocycles. The zero-order chi connectivity index (χ0) is 12.2. The predicted molar refractivity (Wildman–Crippen MR) is 65.3 cm³/mol. The van der Waals surface area contributed by atoms with Gasteiger partial charge in [-0.1, -0.05) is 0 Å². The first-order valence-corrected chi connectivity index (χ1v) is 7.30. The first-order valence-electron chi connectivity index (χ1n) is 5.07. The molecule has 4 nitrogen and oxygen atoms in total. The van der Waals surface area contributed by atoms with Gasteiger partial charge in [0.1, 0.15) is 17.1 Å². The van der Waals surface area contributed by atoms with Crippen molar-refractivity contribution in [3.8, 4) is 0 Å². The molecule has 0 unspecified atom stereocenters. The van der Waals surface area contributed by atoms with Gasteiger partial charge in [0.2, 0.25) is 0 Å². The van der Waals surface area contributed by atoms with Gasteiger partial charge in [0, 0.05) is 6.04 Å². The summed E-state index contributed by atoms with van der Waals surface area (Å²) in [6.45, 7) is 0. The maximum absolute atomic E-state index is 13.4. The third kappa shape index (κ3) is 1.77. The van der Waals surface area contributed by atoms with Gasteiger partial charge >= 0.3 is 0 Å². The highest BCUT2D eigenvalue weighted by Gasteiger charge is 2.35. The van der Waals surface area contributed by atoms with Gasteiger partial charge < -0.3 is 4.90 Å². The topological polar surface area (TPSA) is 49.7 Å². The van der Waals surface area contributed by atoms with Crippen LogP contribution in [0.4, 0.5) is 10.1 Å². The number of nitrogens with zero attached hydrogens (tertiary/aromatic N) is 2. The van der Waals surface area contributed by atoms with E-state index in [1.165, 1.54) is 12.4 Å². The average molecular weight is 319 g/mol. The van der Waals surface area contributed by atoms with Gasteiger partial charge in [-0.2, -0.15) is 8.42 Å². The number of anilines is 1. The number of hydrogen-bond acceptors (Lipinski definition) is 3. The van der Waals surface area contributed by atoms with Crippen LogP contribution < -0.4 is 4.90 Å². The molecular formula is C10H8BrFN2O2S. The Hall–Kier alpha value is -0.950. The van der Waals surface area contributed by atoms with Gasteiger partial charge in [-0.25, -0.2) is 4.39 Å². The maximum atomic E-state index is 13.4. The Bertz CT molecular complexity index is 625. The fourth-order valence-electron chi connectivity index (χ4n) is 1.80. The molecule has 0 radical (unpaired) electrons. The van der Waals surface area contributed by atoms with Gasteiger partial charge in [-0.3, -0.25) is 0 Å². The Morgan fingerprint density at radius 1 is 1.41 bits per heavy atom. The van der Waals surface area contributed by atoms with Crippen molar-refractivity contribution in [3.05, 3.63) is 22.4 Å². The molecule has 1 aliphatic heterocycles. The third-order valence-electron chi connectivity index (χ3n) is 2.81. The Kier molecular flexibility index (Phi) is 2.31. The summed E-state index contributed by atoms with van der Waals surface area (Å²) in [7, 11) is -3.75. The quantitative estimate of drug-likeness (QED) is 0.798. The molecule has 17 heavy (non-hydrogen) atoms. The number of benzene rings is 1. The fraction of sp³-hybridized carbons (Fsp3) is 0.300. The molecule has 0 spiro atoms. The highest BCUT2D eigenvalue weighted by molar-refractivity contribution is 9.10. The lowest BCUT2D eigenvalue weighted by molar-refractivity contribution is 0.590. The lowest BCUT2D eigenvalue weighted by Crippen LogP contribution is -2.29. The van der Waals surface area contributed by atoms with Crippen LogP contribution in [0.1, 0.15) is 12.8 Å². The van der Waals surface area contributed by atoms with E-state index in [0.29, 0.717) is 5.69 Å². The maximum Gasteiger partial charge on any atom is 0.285 e. The zero-order valence-electron chi connectivity index (χ0n) is 8.60. The molecule has 1 heterocycles. The highest BCUT2D eigenvalue weighted by Crippen LogP contribution is 2.39. The van der Waals surface area contributed by atoms with Gasteiger partial charge in [-0.05, 0) is 40.9 Å². The SMILES string of the molecule is O=S1(=O)N=CN(C2CC2)c2cc(Br)c(F)cc21. The Morgan fingerprint density at radius 2 is 2.12 bits per heavy atom. The van der Waals surface area contributed by atoms with Crippen molar-refractivity contribution >= 4 is 38.0 Å². The molecule has 1 aromatic carbocycles. The molecule has 3 rings (SSSR count). The van der Waals surface area contributed by atoms with Crippen LogP contribution in [0, 0.1) is 5.82 Å². The van der Waals surface area contributed by atoms with Crippen molar-refractivity contribution in [2.75, 3.05) is 4.90 Å². The Labute approximate surface area is 106 Å². The Balaban J connectivity index is 2.25. The van der Waals surface area contributed by atoms with Gasteiger partial charge in [0.05, 0.1) is 10.2 Å². The van der Waals surface area contributed by atoms with E-state index in [0.717, 1.165) is 18.9 Å². The molecule has 1 saturated carbocycles. The lowest BCUT2D eigenvalue weighted by atomic mass is 10.3. The molecule has 0 N–H and O–H groups in total. The molecule has 90 valence electrons. The summed E-state index contributed by atoms with van der Waals surface area (Å²) in [6.07, 6.45) is 3.32. The van der Waals surface area contributed by atoms with E-state index in [2.05, 4.69) is 20.3 Å². The first kappa shape index (κ1) is 11.2. The zero-order valence-corrected chi connectivity index (χ0v) is 11.0. The minimum atomic E-state index is -3.75. The molecule has 0 amide bonds. The summed E-state index contributed by atoms with van der Waals surface area (Å²) in [6, 6.07) is 2.79. The first-order chi connectivity index (χ1) is 7.99. The number of hydrogen-bond donors (Lipinski definition) is 0. The smallest absolute Gasteiger partial charge is 0.285 e. The second-order valence-electron chi connectivity index (χ2n) is 4.07. The molecule has 0 atom stereocenters. The number of sulfonamides is 1. The van der Waals surface area contributed by atoms with Crippen LogP contribution in [0.2, 0.25) is 0 Å². The van der Waals surface area contributed by atoms with Crippen LogP contribution in [-0.4, -0.2) is 20.8 Å². The summed E-state index contributed by atoms with van der Waals surface area (Å²) >= 11 is 3.07. The molecule has 7 heteroatoms. The number of fused-ring (bicyclic) bond motifs is 1. The van der Waals surface area contributed by atoms with Crippen LogP contribution in [0.15, 0.2) is 25.9 Å². The summed E-state index contributed by atoms with van der Waals surface area (Å²) in [5, 5.41) is 0. The van der Waals surface area contributed by atoms with Gasteiger partial charge in [-0.15, -0.1) is 4.40 Å². The normalized spacial score (nSPS) is 21.4. The molecule has 1 aromatic rings. The minimum Gasteiger partial charge on any atom is -0.327 e. The molecule has 2 aliphatic rings. The third-order valence-corrected chi connectivity index (χ3v) is 4.67. The van der Waals surface area contributed by atoms with Crippen LogP contribution in [0.5, 0.6) is 0 Å². The second kappa shape index (κ2) is 3.52. The van der Waals surface area contributed by atoms with E-state index >= 15 is 0 Å². The summed E-state index contributed by atoms with van der Waals surface area (Å²) < 4.78 is 40.6. The van der Waals surface area contributed by atoms with Crippen LogP contribution in [-0.2, 0) is 10.0 Å². The summed E-state index contributed by atoms with van der Waals surface area (Å²) in [5.74, 6) is -0.597. The number of rotatable bonds is 1. The van der Waals surface area contributed by atoms with Crippen molar-refractivity contribution in [1.82, 2.24) is 0 Å². The van der Waals surface area contributed by atoms with E-state index in [-0.39, 0.29) is 15.4 Å². The predicted octanol–water partition coefficient (Wildman–Crippen LogP) is 2.29. The van der Waals surface area contributed by atoms with Crippen LogP contribution in [0.3, 0.4) is 0 Å². The van der Waals surface area contributed by atoms with E-state index in [4.69, 9.17) is 0 Å². The summed E-state index contributed by atoms with van der Waals surface area (Å²) in [4.78, 5) is 1.73. The van der Waals surface area contributed by atoms with E-state index in [1.54, 1.807) is 4.90 Å². The molecule has 1 aliphatic carbocycles. The van der Waals surface area contributed by atoms with Crippen molar-refractivity contribution < 1.29 is 12.8 Å². The largest absolute Gasteiger partial charge is 0.327 e. The van der Waals surface area contributed by atoms with Gasteiger partial charge in [0.25, 0.3) is 10.0 Å². The average Bonchev–Trinajstić information content (AvgIpc) is 3.05. The lowest BCUT2D eigenvalue weighted by Gasteiger charge is -2.25. The van der Waals surface area contributed by atoms with E-state index in [9.17, 15) is 12.8 Å². The molecular weight excluding hydrogens is 311 g/mol. The van der Waals surface area contributed by atoms with E-state index < -0.39 is 15.8 Å². The van der Waals surface area contributed by atoms with Crippen LogP contribution in [0.25, 0.3) is 0 Å². The fourth-order valence-corrected chi connectivity index (χ4v) is 3.15. The molecule has 0 saturated heterocycles. The van der Waals surface area contributed by atoms with Crippen molar-refractivity contribution in [2.45, 2.75) is 23.8 Å². The highest BCUT2D eigenvalue weighted by atomic mass is 79.9. The van der Waals surface area contributed by atoms with Crippen LogP contribution >= 0.6 is 15.9 Å². The standard InChI is InChI=1S/C10H8BrFN2O2S/c11-7-3-9-10(4-8(7)12)17(15,16)13-5-14(9)6-1-2-6/h3-6H,1-2H2. The van der Waals surface area contributed by atoms with Gasteiger partial charge in [0.15, 0.2) is 0 Å². The van der Waals surface area contributed by atoms with Crippen molar-refractivity contribution in [2.24, 2.45) is 4.40 Å². The second-order valence-corrected chi connectivity index (χ2v) is 6.52. The van der Waals surface area contributed by atoms with E-state index in [1.807, 2.05) is 0 Å². The van der Waals surface area contributed by atoms with Crippen molar-refractivity contribution in [3.63, 3.8) is 0 Å².